The van der Waals surface area contributed by atoms with Crippen LogP contribution in [0.1, 0.15) is 44.6 Å². The third kappa shape index (κ3) is 4.98. The van der Waals surface area contributed by atoms with Gasteiger partial charge < -0.3 is 15.3 Å². The van der Waals surface area contributed by atoms with Gasteiger partial charge in [0.2, 0.25) is 11.8 Å². The van der Waals surface area contributed by atoms with Crippen molar-refractivity contribution in [3.63, 3.8) is 0 Å². The summed E-state index contributed by atoms with van der Waals surface area (Å²) < 4.78 is 0. The van der Waals surface area contributed by atoms with E-state index in [1.165, 1.54) is 13.3 Å². The lowest BCUT2D eigenvalue weighted by atomic mass is 9.93. The Morgan fingerprint density at radius 2 is 1.83 bits per heavy atom. The average molecular weight is 318 g/mol. The van der Waals surface area contributed by atoms with Crippen molar-refractivity contribution < 1.29 is 14.7 Å². The number of benzene rings is 1. The van der Waals surface area contributed by atoms with Crippen LogP contribution >= 0.6 is 0 Å². The first-order valence-electron chi connectivity index (χ1n) is 8.29. The van der Waals surface area contributed by atoms with Gasteiger partial charge in [0.05, 0.1) is 0 Å². The summed E-state index contributed by atoms with van der Waals surface area (Å²) in [7, 11) is 1.84. The molecule has 0 bridgehead atoms. The molecule has 2 amide bonds. The zero-order valence-electron chi connectivity index (χ0n) is 13.9. The molecule has 1 aromatic carbocycles. The van der Waals surface area contributed by atoms with E-state index in [1.807, 2.05) is 7.05 Å². The first-order chi connectivity index (χ1) is 11.0. The van der Waals surface area contributed by atoms with Gasteiger partial charge in [0.1, 0.15) is 11.8 Å². The number of likely N-dealkylation sites (N-methyl/N-ethyl adjacent to an activating group) is 1. The van der Waals surface area contributed by atoms with Gasteiger partial charge in [0.25, 0.3) is 0 Å². The summed E-state index contributed by atoms with van der Waals surface area (Å²) in [6.07, 6.45) is 6.05. The van der Waals surface area contributed by atoms with Crippen LogP contribution in [0.15, 0.2) is 24.3 Å². The van der Waals surface area contributed by atoms with Gasteiger partial charge in [0, 0.05) is 26.4 Å². The van der Waals surface area contributed by atoms with Crippen LogP contribution in [-0.2, 0) is 16.0 Å². The molecule has 23 heavy (non-hydrogen) atoms. The van der Waals surface area contributed by atoms with E-state index in [9.17, 15) is 14.7 Å². The molecule has 0 aromatic heterocycles. The molecule has 2 N–H and O–H groups in total. The van der Waals surface area contributed by atoms with E-state index in [-0.39, 0.29) is 23.6 Å². The van der Waals surface area contributed by atoms with Gasteiger partial charge in [-0.1, -0.05) is 31.4 Å². The molecule has 0 unspecified atom stereocenters. The Labute approximate surface area is 137 Å². The number of carbonyl (C=O) groups is 2. The summed E-state index contributed by atoms with van der Waals surface area (Å²) >= 11 is 0. The minimum Gasteiger partial charge on any atom is -0.508 e. The van der Waals surface area contributed by atoms with Crippen molar-refractivity contribution in [2.24, 2.45) is 0 Å². The van der Waals surface area contributed by atoms with Gasteiger partial charge in [-0.25, -0.2) is 0 Å². The summed E-state index contributed by atoms with van der Waals surface area (Å²) in [5, 5.41) is 12.1. The van der Waals surface area contributed by atoms with E-state index in [1.54, 1.807) is 29.2 Å². The highest BCUT2D eigenvalue weighted by Crippen LogP contribution is 2.22. The smallest absolute Gasteiger partial charge is 0.245 e. The molecule has 0 saturated heterocycles. The molecule has 1 aliphatic carbocycles. The van der Waals surface area contributed by atoms with Gasteiger partial charge in [-0.2, -0.15) is 0 Å². The van der Waals surface area contributed by atoms with Crippen LogP contribution in [0.4, 0.5) is 0 Å². The Morgan fingerprint density at radius 1 is 1.22 bits per heavy atom. The van der Waals surface area contributed by atoms with Crippen LogP contribution in [-0.4, -0.2) is 41.0 Å². The lowest BCUT2D eigenvalue weighted by molar-refractivity contribution is -0.137. The number of aromatic hydroxyl groups is 1. The number of nitrogens with one attached hydrogen (secondary N) is 1. The van der Waals surface area contributed by atoms with Crippen LogP contribution in [0.2, 0.25) is 0 Å². The number of hydrogen-bond acceptors (Lipinski definition) is 3. The summed E-state index contributed by atoms with van der Waals surface area (Å²) in [5.41, 5.74) is 0.909. The first kappa shape index (κ1) is 17.3. The lowest BCUT2D eigenvalue weighted by Gasteiger charge is -2.34. The quantitative estimate of drug-likeness (QED) is 0.874. The Hall–Kier alpha value is -2.04. The Balaban J connectivity index is 2.07. The molecule has 126 valence electrons. The zero-order valence-corrected chi connectivity index (χ0v) is 13.9. The van der Waals surface area contributed by atoms with E-state index in [2.05, 4.69) is 5.32 Å². The van der Waals surface area contributed by atoms with Gasteiger partial charge in [0.15, 0.2) is 0 Å². The molecule has 0 aliphatic heterocycles. The fourth-order valence-corrected chi connectivity index (χ4v) is 3.21. The van der Waals surface area contributed by atoms with Crippen molar-refractivity contribution in [2.45, 2.75) is 57.5 Å². The van der Waals surface area contributed by atoms with Crippen molar-refractivity contribution in [3.05, 3.63) is 29.8 Å². The molecule has 2 rings (SSSR count). The van der Waals surface area contributed by atoms with Crippen molar-refractivity contribution in [1.29, 1.82) is 0 Å². The number of amides is 2. The summed E-state index contributed by atoms with van der Waals surface area (Å²) in [5.74, 6) is -0.0603. The molecular formula is C18H26N2O3. The third-order valence-electron chi connectivity index (χ3n) is 4.52. The normalized spacial score (nSPS) is 16.6. The van der Waals surface area contributed by atoms with E-state index in [0.29, 0.717) is 6.42 Å². The van der Waals surface area contributed by atoms with Crippen molar-refractivity contribution >= 4 is 11.8 Å². The highest BCUT2D eigenvalue weighted by atomic mass is 16.3. The minimum absolute atomic E-state index is 0.0415. The maximum atomic E-state index is 12.8. The van der Waals surface area contributed by atoms with Crippen molar-refractivity contribution in [3.8, 4) is 5.75 Å². The second-order valence-corrected chi connectivity index (χ2v) is 6.36. The number of rotatable bonds is 5. The van der Waals surface area contributed by atoms with Crippen LogP contribution in [0.25, 0.3) is 0 Å². The summed E-state index contributed by atoms with van der Waals surface area (Å²) in [6.45, 7) is 1.43. The average Bonchev–Trinajstić information content (AvgIpc) is 2.55. The molecule has 1 aliphatic rings. The maximum Gasteiger partial charge on any atom is 0.245 e. The molecular weight excluding hydrogens is 292 g/mol. The van der Waals surface area contributed by atoms with Crippen molar-refractivity contribution in [1.82, 2.24) is 10.2 Å². The zero-order chi connectivity index (χ0) is 16.8. The second-order valence-electron chi connectivity index (χ2n) is 6.36. The van der Waals surface area contributed by atoms with Gasteiger partial charge in [-0.05, 0) is 30.5 Å². The molecule has 1 saturated carbocycles. The van der Waals surface area contributed by atoms with E-state index >= 15 is 0 Å². The molecule has 0 spiro atoms. The highest BCUT2D eigenvalue weighted by molar-refractivity contribution is 5.87. The van der Waals surface area contributed by atoms with Crippen LogP contribution in [0.3, 0.4) is 0 Å². The highest BCUT2D eigenvalue weighted by Gasteiger charge is 2.28. The van der Waals surface area contributed by atoms with Gasteiger partial charge in [-0.15, -0.1) is 0 Å². The van der Waals surface area contributed by atoms with Crippen LogP contribution < -0.4 is 5.32 Å². The first-order valence-corrected chi connectivity index (χ1v) is 8.29. The molecule has 1 atom stereocenters. The fraction of sp³-hybridized carbons (Fsp3) is 0.556. The molecule has 1 fully saturated rings. The SMILES string of the molecule is CC(=O)N[C@@H](Cc1ccc(O)cc1)C(=O)N(C)C1CCCCC1. The van der Waals surface area contributed by atoms with Crippen LogP contribution in [0.5, 0.6) is 5.75 Å². The number of nitrogens with zero attached hydrogens (tertiary/aromatic N) is 1. The molecule has 1 aromatic rings. The Morgan fingerprint density at radius 3 is 2.39 bits per heavy atom. The number of phenols is 1. The monoisotopic (exact) mass is 318 g/mol. The molecule has 5 heteroatoms. The summed E-state index contributed by atoms with van der Waals surface area (Å²) in [4.78, 5) is 26.1. The number of hydrogen-bond donors (Lipinski definition) is 2. The standard InChI is InChI=1S/C18H26N2O3/c1-13(21)19-17(12-14-8-10-16(22)11-9-14)18(23)20(2)15-6-4-3-5-7-15/h8-11,15,17,22H,3-7,12H2,1-2H3,(H,19,21)/t17-/m0/s1. The summed E-state index contributed by atoms with van der Waals surface area (Å²) in [6, 6.07) is 6.44. The van der Waals surface area contributed by atoms with Crippen LogP contribution in [0, 0.1) is 0 Å². The number of carbonyl (C=O) groups excluding carboxylic acids is 2. The Kier molecular flexibility index (Phi) is 6.02. The van der Waals surface area contributed by atoms with E-state index < -0.39 is 6.04 Å². The second kappa shape index (κ2) is 7.99. The minimum atomic E-state index is -0.566. The van der Waals surface area contributed by atoms with Gasteiger partial charge >= 0.3 is 0 Å². The van der Waals surface area contributed by atoms with E-state index in [0.717, 1.165) is 31.2 Å². The topological polar surface area (TPSA) is 69.6 Å². The largest absolute Gasteiger partial charge is 0.508 e. The van der Waals surface area contributed by atoms with Crippen molar-refractivity contribution in [2.75, 3.05) is 7.05 Å². The van der Waals surface area contributed by atoms with Gasteiger partial charge in [-0.3, -0.25) is 9.59 Å². The molecule has 0 radical (unpaired) electrons. The maximum absolute atomic E-state index is 12.8. The van der Waals surface area contributed by atoms with E-state index in [4.69, 9.17) is 0 Å². The lowest BCUT2D eigenvalue weighted by Crippen LogP contribution is -2.51. The predicted octanol–water partition coefficient (Wildman–Crippen LogP) is 2.23. The molecule has 0 heterocycles. The predicted molar refractivity (Wildman–Crippen MR) is 89.1 cm³/mol. The number of phenolic OH excluding ortho intramolecular Hbond substituents is 1. The molecule has 5 nitrogen and oxygen atoms in total. The fourth-order valence-electron chi connectivity index (χ4n) is 3.21. The third-order valence-corrected chi connectivity index (χ3v) is 4.52. The Bertz CT molecular complexity index is 536.